The summed E-state index contributed by atoms with van der Waals surface area (Å²) in [5.74, 6) is 0.509. The van der Waals surface area contributed by atoms with E-state index in [0.717, 1.165) is 37.8 Å². The molecule has 1 aliphatic rings. The van der Waals surface area contributed by atoms with Crippen molar-refractivity contribution in [1.82, 2.24) is 10.3 Å². The van der Waals surface area contributed by atoms with E-state index >= 15 is 0 Å². The molecule has 0 unspecified atom stereocenters. The molecule has 2 N–H and O–H groups in total. The van der Waals surface area contributed by atoms with Crippen molar-refractivity contribution in [1.29, 1.82) is 0 Å². The van der Waals surface area contributed by atoms with Crippen molar-refractivity contribution in [3.05, 3.63) is 84.2 Å². The van der Waals surface area contributed by atoms with Crippen LogP contribution in [0.4, 0.5) is 5.69 Å². The minimum Gasteiger partial charge on any atom is -0.497 e. The molecule has 2 aromatic carbocycles. The van der Waals surface area contributed by atoms with Crippen LogP contribution in [0.2, 0.25) is 0 Å². The number of amides is 1. The zero-order chi connectivity index (χ0) is 31.0. The topological polar surface area (TPSA) is 109 Å². The third kappa shape index (κ3) is 7.95. The first-order chi connectivity index (χ1) is 20.6. The zero-order valence-electron chi connectivity index (χ0n) is 25.7. The van der Waals surface area contributed by atoms with Gasteiger partial charge >= 0.3 is 0 Å². The summed E-state index contributed by atoms with van der Waals surface area (Å²) < 4.78 is 34.4. The molecule has 232 valence electrons. The van der Waals surface area contributed by atoms with Crippen molar-refractivity contribution in [2.24, 2.45) is 5.92 Å². The fourth-order valence-electron chi connectivity index (χ4n) is 6.00. The number of nitrogens with one attached hydrogen (secondary N) is 1. The molecule has 0 saturated heterocycles. The molecular formula is C34H45N3O5S. The number of para-hydroxylation sites is 1. The smallest absolute Gasteiger partial charge is 0.264 e. The van der Waals surface area contributed by atoms with Gasteiger partial charge in [-0.25, -0.2) is 8.42 Å². The van der Waals surface area contributed by atoms with Gasteiger partial charge < -0.3 is 15.2 Å². The van der Waals surface area contributed by atoms with Crippen LogP contribution in [0.25, 0.3) is 0 Å². The Balaban J connectivity index is 1.51. The average Bonchev–Trinajstić information content (AvgIpc) is 3.01. The first-order valence-corrected chi connectivity index (χ1v) is 16.6. The van der Waals surface area contributed by atoms with Gasteiger partial charge in [-0.3, -0.25) is 14.1 Å². The predicted octanol–water partition coefficient (Wildman–Crippen LogP) is 5.64. The van der Waals surface area contributed by atoms with Crippen molar-refractivity contribution in [3.63, 3.8) is 0 Å². The van der Waals surface area contributed by atoms with E-state index in [-0.39, 0.29) is 35.1 Å². The Morgan fingerprint density at radius 2 is 1.67 bits per heavy atom. The number of carbonyl (C=O) groups is 1. The van der Waals surface area contributed by atoms with Crippen molar-refractivity contribution in [2.45, 2.75) is 88.2 Å². The summed E-state index contributed by atoms with van der Waals surface area (Å²) in [6.45, 7) is 5.99. The highest BCUT2D eigenvalue weighted by Crippen LogP contribution is 2.41. The minimum atomic E-state index is -3.90. The monoisotopic (exact) mass is 607 g/mol. The van der Waals surface area contributed by atoms with Gasteiger partial charge in [-0.1, -0.05) is 57.4 Å². The van der Waals surface area contributed by atoms with Gasteiger partial charge in [0.1, 0.15) is 5.75 Å². The molecule has 4 rings (SSSR count). The fourth-order valence-corrected chi connectivity index (χ4v) is 7.66. The molecule has 2 atom stereocenters. The van der Waals surface area contributed by atoms with E-state index in [1.165, 1.54) is 11.4 Å². The number of aliphatic hydroxyl groups excluding tert-OH is 1. The van der Waals surface area contributed by atoms with Gasteiger partial charge in [0.25, 0.3) is 10.0 Å². The SMILES string of the molecule is COc1ccc(S(=O)(=O)N(CC(C)C)c2ccccc2C[C@@H](O)[C@H](C)NC(=O)CC2(c3ccccn3)CCCCC2)cc1. The lowest BCUT2D eigenvalue weighted by Gasteiger charge is -2.37. The number of sulfonamides is 1. The van der Waals surface area contributed by atoms with Crippen LogP contribution in [-0.2, 0) is 26.7 Å². The zero-order valence-corrected chi connectivity index (χ0v) is 26.5. The van der Waals surface area contributed by atoms with Crippen molar-refractivity contribution in [3.8, 4) is 5.75 Å². The molecule has 1 aromatic heterocycles. The molecule has 0 bridgehead atoms. The Morgan fingerprint density at radius 3 is 2.30 bits per heavy atom. The summed E-state index contributed by atoms with van der Waals surface area (Å²) in [6, 6.07) is 18.9. The van der Waals surface area contributed by atoms with Gasteiger partial charge in [-0.15, -0.1) is 0 Å². The van der Waals surface area contributed by atoms with Gasteiger partial charge in [0.05, 0.1) is 29.8 Å². The number of nitrogens with zero attached hydrogens (tertiary/aromatic N) is 2. The standard InChI is InChI=1S/C34H45N3O5S/c1-25(2)24-37(43(40,41)29-17-15-28(42-4)16-18-29)30-13-7-6-12-27(30)22-31(38)26(3)36-33(39)23-34(19-9-5-10-20-34)32-14-8-11-21-35-32/h6-8,11-18,21,25-26,31,38H,5,9-10,19-20,22-24H2,1-4H3,(H,36,39)/t26-,31+/m0/s1. The maximum atomic E-state index is 13.9. The summed E-state index contributed by atoms with van der Waals surface area (Å²) in [5.41, 5.74) is 1.86. The second-order valence-electron chi connectivity index (χ2n) is 12.1. The van der Waals surface area contributed by atoms with Crippen LogP contribution in [0.1, 0.15) is 70.6 Å². The van der Waals surface area contributed by atoms with Gasteiger partial charge in [-0.05, 0) is 73.7 Å². The second-order valence-corrected chi connectivity index (χ2v) is 14.0. The largest absolute Gasteiger partial charge is 0.497 e. The molecule has 9 heteroatoms. The van der Waals surface area contributed by atoms with Crippen LogP contribution in [0.15, 0.2) is 77.8 Å². The second kappa shape index (κ2) is 14.4. The summed E-state index contributed by atoms with van der Waals surface area (Å²) in [5, 5.41) is 14.3. The first kappa shape index (κ1) is 32.5. The number of methoxy groups -OCH3 is 1. The number of hydrogen-bond acceptors (Lipinski definition) is 6. The number of pyridine rings is 1. The van der Waals surface area contributed by atoms with Crippen molar-refractivity contribution < 1.29 is 23.1 Å². The lowest BCUT2D eigenvalue weighted by Crippen LogP contribution is -2.45. The third-order valence-electron chi connectivity index (χ3n) is 8.35. The molecular weight excluding hydrogens is 562 g/mol. The number of rotatable bonds is 13. The van der Waals surface area contributed by atoms with E-state index in [1.807, 2.05) is 44.2 Å². The molecule has 1 aliphatic carbocycles. The Bertz CT molecular complexity index is 1440. The summed E-state index contributed by atoms with van der Waals surface area (Å²) in [6.07, 6.45) is 6.46. The predicted molar refractivity (Wildman–Crippen MR) is 170 cm³/mol. The highest BCUT2D eigenvalue weighted by molar-refractivity contribution is 7.92. The third-order valence-corrected chi connectivity index (χ3v) is 10.1. The van der Waals surface area contributed by atoms with Gasteiger partial charge in [0, 0.05) is 36.7 Å². The molecule has 43 heavy (non-hydrogen) atoms. The highest BCUT2D eigenvalue weighted by Gasteiger charge is 2.38. The van der Waals surface area contributed by atoms with E-state index in [9.17, 15) is 18.3 Å². The Hall–Kier alpha value is -3.43. The number of benzene rings is 2. The molecule has 0 aliphatic heterocycles. The molecule has 8 nitrogen and oxygen atoms in total. The van der Waals surface area contributed by atoms with E-state index in [2.05, 4.69) is 10.3 Å². The number of aromatic nitrogens is 1. The van der Waals surface area contributed by atoms with Crippen molar-refractivity contribution in [2.75, 3.05) is 18.0 Å². The maximum absolute atomic E-state index is 13.9. The maximum Gasteiger partial charge on any atom is 0.264 e. The molecule has 0 radical (unpaired) electrons. The number of carbonyl (C=O) groups excluding carboxylic acids is 1. The van der Waals surface area contributed by atoms with Gasteiger partial charge in [0.15, 0.2) is 0 Å². The normalized spacial score (nSPS) is 16.3. The summed E-state index contributed by atoms with van der Waals surface area (Å²) in [7, 11) is -2.37. The molecule has 0 spiro atoms. The molecule has 1 heterocycles. The summed E-state index contributed by atoms with van der Waals surface area (Å²) >= 11 is 0. The summed E-state index contributed by atoms with van der Waals surface area (Å²) in [4.78, 5) is 18.1. The van der Waals surface area contributed by atoms with Crippen LogP contribution < -0.4 is 14.4 Å². The van der Waals surface area contributed by atoms with Crippen molar-refractivity contribution >= 4 is 21.6 Å². The molecule has 1 fully saturated rings. The van der Waals surface area contributed by atoms with E-state index in [1.54, 1.807) is 49.5 Å². The Kier molecular flexibility index (Phi) is 10.8. The number of anilines is 1. The fraction of sp³-hybridized carbons (Fsp3) is 0.471. The van der Waals surface area contributed by atoms with Crippen LogP contribution in [0, 0.1) is 5.92 Å². The van der Waals surface area contributed by atoms with Crippen LogP contribution in [-0.4, -0.2) is 50.2 Å². The van der Waals surface area contributed by atoms with Crippen LogP contribution >= 0.6 is 0 Å². The number of hydrogen-bond donors (Lipinski definition) is 2. The van der Waals surface area contributed by atoms with Crippen LogP contribution in [0.5, 0.6) is 5.75 Å². The number of ether oxygens (including phenoxy) is 1. The highest BCUT2D eigenvalue weighted by atomic mass is 32.2. The van der Waals surface area contributed by atoms with E-state index < -0.39 is 22.2 Å². The van der Waals surface area contributed by atoms with E-state index in [4.69, 9.17) is 4.74 Å². The Morgan fingerprint density at radius 1 is 1.00 bits per heavy atom. The van der Waals surface area contributed by atoms with E-state index in [0.29, 0.717) is 23.4 Å². The lowest BCUT2D eigenvalue weighted by molar-refractivity contribution is -0.124. The van der Waals surface area contributed by atoms with Gasteiger partial charge in [0.2, 0.25) is 5.91 Å². The Labute approximate surface area is 256 Å². The van der Waals surface area contributed by atoms with Gasteiger partial charge in [-0.2, -0.15) is 0 Å². The first-order valence-electron chi connectivity index (χ1n) is 15.2. The van der Waals surface area contributed by atoms with Crippen LogP contribution in [0.3, 0.4) is 0 Å². The quantitative estimate of drug-likeness (QED) is 0.260. The minimum absolute atomic E-state index is 0.0513. The molecule has 1 amide bonds. The molecule has 1 saturated carbocycles. The number of aliphatic hydroxyl groups is 1. The lowest BCUT2D eigenvalue weighted by atomic mass is 9.69. The average molecular weight is 608 g/mol. The molecule has 3 aromatic rings.